The maximum absolute atomic E-state index is 8.55. The van der Waals surface area contributed by atoms with E-state index in [9.17, 15) is 0 Å². The molecule has 0 aliphatic heterocycles. The molecule has 0 bridgehead atoms. The maximum atomic E-state index is 8.55. The van der Waals surface area contributed by atoms with Crippen LogP contribution in [0.15, 0.2) is 17.5 Å². The van der Waals surface area contributed by atoms with E-state index in [-0.39, 0.29) is 0 Å². The summed E-state index contributed by atoms with van der Waals surface area (Å²) >= 11 is 1.79. The number of nitrogens with one attached hydrogen (secondary N) is 1. The summed E-state index contributed by atoms with van der Waals surface area (Å²) in [5.41, 5.74) is 0. The largest absolute Gasteiger partial charge is 0.396 e. The van der Waals surface area contributed by atoms with Gasteiger partial charge >= 0.3 is 0 Å². The lowest BCUT2D eigenvalue weighted by atomic mass is 10.2. The van der Waals surface area contributed by atoms with Gasteiger partial charge in [-0.2, -0.15) is 0 Å². The first kappa shape index (κ1) is 10.7. The second-order valence-electron chi connectivity index (χ2n) is 3.04. The molecule has 0 saturated heterocycles. The molecule has 0 amide bonds. The van der Waals surface area contributed by atoms with E-state index in [2.05, 4.69) is 22.8 Å². The number of aliphatic hydroxyl groups is 1. The van der Waals surface area contributed by atoms with Crippen LogP contribution in [0.5, 0.6) is 0 Å². The quantitative estimate of drug-likeness (QED) is 0.658. The zero-order valence-electron chi connectivity index (χ0n) is 7.83. The molecule has 1 rings (SSSR count). The lowest BCUT2D eigenvalue weighted by molar-refractivity contribution is 0.283. The molecule has 0 aromatic carbocycles. The number of hydrogen-bond donors (Lipinski definition) is 2. The molecule has 0 saturated carbocycles. The second-order valence-corrected chi connectivity index (χ2v) is 4.07. The average molecular weight is 199 g/mol. The molecule has 1 aromatic heterocycles. The predicted octanol–water partition coefficient (Wildman–Crippen LogP) is 2.00. The highest BCUT2D eigenvalue weighted by molar-refractivity contribution is 7.09. The predicted molar refractivity (Wildman–Crippen MR) is 57.0 cm³/mol. The topological polar surface area (TPSA) is 32.3 Å². The zero-order chi connectivity index (χ0) is 9.36. The van der Waals surface area contributed by atoms with Crippen LogP contribution in [-0.2, 0) is 6.54 Å². The van der Waals surface area contributed by atoms with E-state index in [0.717, 1.165) is 32.4 Å². The number of aliphatic hydroxyl groups excluding tert-OH is 1. The Morgan fingerprint density at radius 2 is 2.23 bits per heavy atom. The Kier molecular flexibility index (Phi) is 5.81. The van der Waals surface area contributed by atoms with Crippen LogP contribution in [-0.4, -0.2) is 18.3 Å². The van der Waals surface area contributed by atoms with Gasteiger partial charge in [-0.05, 0) is 37.3 Å². The summed E-state index contributed by atoms with van der Waals surface area (Å²) < 4.78 is 0. The van der Waals surface area contributed by atoms with E-state index in [1.807, 2.05) is 0 Å². The molecular weight excluding hydrogens is 182 g/mol. The van der Waals surface area contributed by atoms with Gasteiger partial charge in [0.05, 0.1) is 0 Å². The molecule has 74 valence electrons. The van der Waals surface area contributed by atoms with E-state index in [4.69, 9.17) is 5.11 Å². The molecule has 2 N–H and O–H groups in total. The van der Waals surface area contributed by atoms with Gasteiger partial charge in [-0.25, -0.2) is 0 Å². The van der Waals surface area contributed by atoms with Gasteiger partial charge in [0.15, 0.2) is 0 Å². The average Bonchev–Trinajstić information content (AvgIpc) is 2.63. The minimum absolute atomic E-state index is 0.324. The first-order valence-electron chi connectivity index (χ1n) is 4.77. The first-order chi connectivity index (χ1) is 6.43. The minimum Gasteiger partial charge on any atom is -0.396 e. The van der Waals surface area contributed by atoms with Crippen LogP contribution in [0.3, 0.4) is 0 Å². The van der Waals surface area contributed by atoms with Gasteiger partial charge in [0.2, 0.25) is 0 Å². The van der Waals surface area contributed by atoms with Crippen molar-refractivity contribution in [2.45, 2.75) is 25.8 Å². The van der Waals surface area contributed by atoms with Crippen molar-refractivity contribution in [3.05, 3.63) is 22.4 Å². The fourth-order valence-electron chi connectivity index (χ4n) is 1.16. The molecule has 2 nitrogen and oxygen atoms in total. The Labute approximate surface area is 83.6 Å². The van der Waals surface area contributed by atoms with Crippen molar-refractivity contribution >= 4 is 11.3 Å². The van der Waals surface area contributed by atoms with Crippen molar-refractivity contribution in [2.75, 3.05) is 13.2 Å². The maximum Gasteiger partial charge on any atom is 0.0431 e. The van der Waals surface area contributed by atoms with Gasteiger partial charge in [-0.1, -0.05) is 6.07 Å². The summed E-state index contributed by atoms with van der Waals surface area (Å²) in [5.74, 6) is 0. The van der Waals surface area contributed by atoms with Gasteiger partial charge in [0.25, 0.3) is 0 Å². The molecule has 3 heteroatoms. The highest BCUT2D eigenvalue weighted by Gasteiger charge is 1.92. The molecule has 1 aromatic rings. The van der Waals surface area contributed by atoms with Crippen LogP contribution in [0.1, 0.15) is 24.1 Å². The van der Waals surface area contributed by atoms with Crippen molar-refractivity contribution in [1.82, 2.24) is 5.32 Å². The SMILES string of the molecule is OCCCCCNCc1cccs1. The summed E-state index contributed by atoms with van der Waals surface area (Å²) in [6, 6.07) is 4.22. The molecule has 0 aliphatic carbocycles. The van der Waals surface area contributed by atoms with Gasteiger partial charge in [-0.15, -0.1) is 11.3 Å². The summed E-state index contributed by atoms with van der Waals surface area (Å²) in [6.45, 7) is 2.36. The fourth-order valence-corrected chi connectivity index (χ4v) is 1.84. The lowest BCUT2D eigenvalue weighted by Gasteiger charge is -2.01. The van der Waals surface area contributed by atoms with Crippen molar-refractivity contribution < 1.29 is 5.11 Å². The highest BCUT2D eigenvalue weighted by atomic mass is 32.1. The van der Waals surface area contributed by atoms with Crippen LogP contribution in [0, 0.1) is 0 Å². The zero-order valence-corrected chi connectivity index (χ0v) is 8.65. The van der Waals surface area contributed by atoms with Crippen molar-refractivity contribution in [3.8, 4) is 0 Å². The van der Waals surface area contributed by atoms with Crippen LogP contribution < -0.4 is 5.32 Å². The van der Waals surface area contributed by atoms with Gasteiger partial charge in [-0.3, -0.25) is 0 Å². The molecule has 1 heterocycles. The Hall–Kier alpha value is -0.380. The Morgan fingerprint density at radius 1 is 1.31 bits per heavy atom. The molecule has 13 heavy (non-hydrogen) atoms. The monoisotopic (exact) mass is 199 g/mol. The summed E-state index contributed by atoms with van der Waals surface area (Å²) in [4.78, 5) is 1.39. The van der Waals surface area contributed by atoms with E-state index in [0.29, 0.717) is 6.61 Å². The number of unbranched alkanes of at least 4 members (excludes halogenated alkanes) is 2. The summed E-state index contributed by atoms with van der Waals surface area (Å²) in [6.07, 6.45) is 3.21. The van der Waals surface area contributed by atoms with Crippen LogP contribution in [0.4, 0.5) is 0 Å². The first-order valence-corrected chi connectivity index (χ1v) is 5.65. The van der Waals surface area contributed by atoms with E-state index < -0.39 is 0 Å². The fraction of sp³-hybridized carbons (Fsp3) is 0.600. The van der Waals surface area contributed by atoms with Crippen molar-refractivity contribution in [1.29, 1.82) is 0 Å². The van der Waals surface area contributed by atoms with E-state index in [1.54, 1.807) is 11.3 Å². The van der Waals surface area contributed by atoms with Crippen LogP contribution in [0.25, 0.3) is 0 Å². The molecule has 0 unspecified atom stereocenters. The van der Waals surface area contributed by atoms with Gasteiger partial charge < -0.3 is 10.4 Å². The van der Waals surface area contributed by atoms with E-state index >= 15 is 0 Å². The summed E-state index contributed by atoms with van der Waals surface area (Å²) in [7, 11) is 0. The Morgan fingerprint density at radius 3 is 2.92 bits per heavy atom. The Bertz CT molecular complexity index is 199. The smallest absolute Gasteiger partial charge is 0.0431 e. The second kappa shape index (κ2) is 7.06. The van der Waals surface area contributed by atoms with Crippen molar-refractivity contribution in [2.24, 2.45) is 0 Å². The number of hydrogen-bond acceptors (Lipinski definition) is 3. The van der Waals surface area contributed by atoms with Gasteiger partial charge in [0.1, 0.15) is 0 Å². The molecule has 0 spiro atoms. The number of thiophene rings is 1. The minimum atomic E-state index is 0.324. The highest BCUT2D eigenvalue weighted by Crippen LogP contribution is 2.07. The summed E-state index contributed by atoms with van der Waals surface area (Å²) in [5, 5.41) is 14.0. The van der Waals surface area contributed by atoms with Crippen LogP contribution in [0.2, 0.25) is 0 Å². The van der Waals surface area contributed by atoms with Crippen LogP contribution >= 0.6 is 11.3 Å². The lowest BCUT2D eigenvalue weighted by Crippen LogP contribution is -2.13. The molecule has 0 atom stereocenters. The molecule has 0 fully saturated rings. The third-order valence-corrected chi connectivity index (χ3v) is 2.77. The molecule has 0 radical (unpaired) electrons. The molecular formula is C10H17NOS. The standard InChI is InChI=1S/C10H17NOS/c12-7-3-1-2-6-11-9-10-5-4-8-13-10/h4-5,8,11-12H,1-3,6-7,9H2. The Balaban J connectivity index is 1.90. The molecule has 0 aliphatic rings. The third-order valence-electron chi connectivity index (χ3n) is 1.89. The van der Waals surface area contributed by atoms with E-state index in [1.165, 1.54) is 4.88 Å². The number of rotatable bonds is 7. The van der Waals surface area contributed by atoms with Gasteiger partial charge in [0, 0.05) is 18.0 Å². The third kappa shape index (κ3) is 5.03. The van der Waals surface area contributed by atoms with Crippen molar-refractivity contribution in [3.63, 3.8) is 0 Å². The normalized spacial score (nSPS) is 10.5.